The van der Waals surface area contributed by atoms with Crippen molar-refractivity contribution in [3.8, 4) is 5.75 Å². The first-order chi connectivity index (χ1) is 12.3. The molecule has 140 valence electrons. The van der Waals surface area contributed by atoms with Crippen molar-refractivity contribution in [2.24, 2.45) is 0 Å². The number of benzene rings is 2. The number of methoxy groups -OCH3 is 1. The summed E-state index contributed by atoms with van der Waals surface area (Å²) in [4.78, 5) is 2.24. The van der Waals surface area contributed by atoms with Gasteiger partial charge in [-0.3, -0.25) is 0 Å². The van der Waals surface area contributed by atoms with Gasteiger partial charge in [-0.2, -0.15) is 4.31 Å². The Morgan fingerprint density at radius 3 is 2.27 bits per heavy atom. The number of halogens is 1. The highest BCUT2D eigenvalue weighted by Gasteiger charge is 2.29. The maximum absolute atomic E-state index is 13.6. The molecule has 0 unspecified atom stereocenters. The van der Waals surface area contributed by atoms with Crippen molar-refractivity contribution in [1.29, 1.82) is 0 Å². The summed E-state index contributed by atoms with van der Waals surface area (Å²) in [7, 11) is -2.36. The first-order valence-electron chi connectivity index (χ1n) is 8.49. The number of piperazine rings is 1. The van der Waals surface area contributed by atoms with Gasteiger partial charge >= 0.3 is 0 Å². The quantitative estimate of drug-likeness (QED) is 0.821. The molecule has 0 radical (unpaired) electrons. The number of ether oxygens (including phenoxy) is 1. The fourth-order valence-corrected chi connectivity index (χ4v) is 4.50. The standard InChI is InChI=1S/C19H23FN2O3S/c1-14-4-5-16(12-15(14)2)21-8-10-22(11-9-21)26(23,24)17-6-7-18(20)19(13-17)25-3/h4-7,12-13H,8-11H2,1-3H3. The summed E-state index contributed by atoms with van der Waals surface area (Å²) in [6.45, 7) is 6.13. The fraction of sp³-hybridized carbons (Fsp3) is 0.368. The lowest BCUT2D eigenvalue weighted by Crippen LogP contribution is -2.48. The van der Waals surface area contributed by atoms with E-state index in [0.29, 0.717) is 26.2 Å². The molecule has 0 bridgehead atoms. The Bertz CT molecular complexity index is 907. The van der Waals surface area contributed by atoms with Crippen LogP contribution in [0.3, 0.4) is 0 Å². The maximum atomic E-state index is 13.6. The van der Waals surface area contributed by atoms with Crippen LogP contribution in [0.25, 0.3) is 0 Å². The second kappa shape index (κ2) is 7.25. The van der Waals surface area contributed by atoms with Crippen LogP contribution in [-0.2, 0) is 10.0 Å². The second-order valence-electron chi connectivity index (χ2n) is 6.46. The highest BCUT2D eigenvalue weighted by molar-refractivity contribution is 7.89. The molecule has 0 N–H and O–H groups in total. The van der Waals surface area contributed by atoms with E-state index in [1.165, 1.54) is 34.7 Å². The predicted octanol–water partition coefficient (Wildman–Crippen LogP) is 2.96. The Morgan fingerprint density at radius 2 is 1.65 bits per heavy atom. The average molecular weight is 378 g/mol. The SMILES string of the molecule is COc1cc(S(=O)(=O)N2CCN(c3ccc(C)c(C)c3)CC2)ccc1F. The van der Waals surface area contributed by atoms with E-state index in [0.717, 1.165) is 11.8 Å². The molecule has 7 heteroatoms. The summed E-state index contributed by atoms with van der Waals surface area (Å²) in [5.41, 5.74) is 3.56. The zero-order valence-electron chi connectivity index (χ0n) is 15.2. The number of hydrogen-bond donors (Lipinski definition) is 0. The van der Waals surface area contributed by atoms with Gasteiger partial charge in [-0.15, -0.1) is 0 Å². The third-order valence-electron chi connectivity index (χ3n) is 4.85. The predicted molar refractivity (Wildman–Crippen MR) is 99.8 cm³/mol. The zero-order valence-corrected chi connectivity index (χ0v) is 16.0. The highest BCUT2D eigenvalue weighted by Crippen LogP contribution is 2.26. The van der Waals surface area contributed by atoms with Crippen LogP contribution in [0.5, 0.6) is 5.75 Å². The van der Waals surface area contributed by atoms with E-state index in [4.69, 9.17) is 4.74 Å². The van der Waals surface area contributed by atoms with E-state index in [2.05, 4.69) is 36.9 Å². The van der Waals surface area contributed by atoms with E-state index in [-0.39, 0.29) is 10.6 Å². The van der Waals surface area contributed by atoms with E-state index in [1.807, 2.05) is 0 Å². The third-order valence-corrected chi connectivity index (χ3v) is 6.75. The molecular formula is C19H23FN2O3S. The molecule has 3 rings (SSSR count). The normalized spacial score (nSPS) is 15.9. The van der Waals surface area contributed by atoms with Crippen LogP contribution in [0.4, 0.5) is 10.1 Å². The van der Waals surface area contributed by atoms with E-state index in [1.54, 1.807) is 0 Å². The molecule has 5 nitrogen and oxygen atoms in total. The van der Waals surface area contributed by atoms with E-state index < -0.39 is 15.8 Å². The largest absolute Gasteiger partial charge is 0.494 e. The first-order valence-corrected chi connectivity index (χ1v) is 9.93. The smallest absolute Gasteiger partial charge is 0.243 e. The monoisotopic (exact) mass is 378 g/mol. The van der Waals surface area contributed by atoms with Gasteiger partial charge in [0.15, 0.2) is 11.6 Å². The number of nitrogens with zero attached hydrogens (tertiary/aromatic N) is 2. The summed E-state index contributed by atoms with van der Waals surface area (Å²) in [6.07, 6.45) is 0. The molecule has 0 spiro atoms. The van der Waals surface area contributed by atoms with Gasteiger partial charge in [0.05, 0.1) is 12.0 Å². The van der Waals surface area contributed by atoms with Crippen LogP contribution in [0, 0.1) is 19.7 Å². The Balaban J connectivity index is 1.75. The molecule has 1 heterocycles. The Labute approximate surface area is 154 Å². The Morgan fingerprint density at radius 1 is 0.962 bits per heavy atom. The minimum absolute atomic E-state index is 0.0513. The van der Waals surface area contributed by atoms with Crippen molar-refractivity contribution in [2.75, 3.05) is 38.2 Å². The minimum atomic E-state index is -3.67. The van der Waals surface area contributed by atoms with Gasteiger partial charge in [-0.25, -0.2) is 12.8 Å². The lowest BCUT2D eigenvalue weighted by atomic mass is 10.1. The van der Waals surface area contributed by atoms with E-state index in [9.17, 15) is 12.8 Å². The third kappa shape index (κ3) is 3.54. The van der Waals surface area contributed by atoms with Crippen molar-refractivity contribution < 1.29 is 17.5 Å². The molecule has 0 amide bonds. The lowest BCUT2D eigenvalue weighted by molar-refractivity contribution is 0.378. The summed E-state index contributed by atoms with van der Waals surface area (Å²) >= 11 is 0. The molecule has 1 saturated heterocycles. The van der Waals surface area contributed by atoms with Crippen molar-refractivity contribution in [3.05, 3.63) is 53.3 Å². The van der Waals surface area contributed by atoms with Crippen molar-refractivity contribution in [1.82, 2.24) is 4.31 Å². The fourth-order valence-electron chi connectivity index (χ4n) is 3.06. The summed E-state index contributed by atoms with van der Waals surface area (Å²) in [5, 5.41) is 0. The Kier molecular flexibility index (Phi) is 5.20. The molecule has 26 heavy (non-hydrogen) atoms. The lowest BCUT2D eigenvalue weighted by Gasteiger charge is -2.35. The number of rotatable bonds is 4. The van der Waals surface area contributed by atoms with Gasteiger partial charge < -0.3 is 9.64 Å². The number of sulfonamides is 1. The average Bonchev–Trinajstić information content (AvgIpc) is 2.64. The second-order valence-corrected chi connectivity index (χ2v) is 8.39. The first kappa shape index (κ1) is 18.7. The van der Waals surface area contributed by atoms with Crippen LogP contribution in [0.1, 0.15) is 11.1 Å². The molecular weight excluding hydrogens is 355 g/mol. The summed E-state index contributed by atoms with van der Waals surface area (Å²) in [5.74, 6) is -0.647. The van der Waals surface area contributed by atoms with Crippen LogP contribution in [0.15, 0.2) is 41.3 Å². The molecule has 1 aliphatic rings. The van der Waals surface area contributed by atoms with Crippen LogP contribution in [0.2, 0.25) is 0 Å². The zero-order chi connectivity index (χ0) is 18.9. The van der Waals surface area contributed by atoms with Crippen molar-refractivity contribution in [2.45, 2.75) is 18.7 Å². The molecule has 0 atom stereocenters. The van der Waals surface area contributed by atoms with Gasteiger partial charge in [-0.05, 0) is 49.2 Å². The van der Waals surface area contributed by atoms with Crippen LogP contribution in [-0.4, -0.2) is 46.0 Å². The van der Waals surface area contributed by atoms with Crippen LogP contribution >= 0.6 is 0 Å². The number of aryl methyl sites for hydroxylation is 2. The molecule has 1 fully saturated rings. The number of anilines is 1. The number of hydrogen-bond acceptors (Lipinski definition) is 4. The van der Waals surface area contributed by atoms with Gasteiger partial charge in [0.25, 0.3) is 0 Å². The highest BCUT2D eigenvalue weighted by atomic mass is 32.2. The van der Waals surface area contributed by atoms with Gasteiger partial charge in [-0.1, -0.05) is 6.07 Å². The molecule has 2 aromatic rings. The van der Waals surface area contributed by atoms with Crippen molar-refractivity contribution >= 4 is 15.7 Å². The Hall–Kier alpha value is -2.12. The minimum Gasteiger partial charge on any atom is -0.494 e. The van der Waals surface area contributed by atoms with Gasteiger partial charge in [0.1, 0.15) is 0 Å². The summed E-state index contributed by atoms with van der Waals surface area (Å²) in [6, 6.07) is 9.92. The topological polar surface area (TPSA) is 49.9 Å². The van der Waals surface area contributed by atoms with Crippen molar-refractivity contribution in [3.63, 3.8) is 0 Å². The van der Waals surface area contributed by atoms with Crippen LogP contribution < -0.4 is 9.64 Å². The molecule has 0 aromatic heterocycles. The van der Waals surface area contributed by atoms with Gasteiger partial charge in [0, 0.05) is 37.9 Å². The van der Waals surface area contributed by atoms with E-state index >= 15 is 0 Å². The van der Waals surface area contributed by atoms with Gasteiger partial charge in [0.2, 0.25) is 10.0 Å². The molecule has 0 aliphatic carbocycles. The molecule has 1 aliphatic heterocycles. The summed E-state index contributed by atoms with van der Waals surface area (Å²) < 4.78 is 45.6. The molecule has 2 aromatic carbocycles. The maximum Gasteiger partial charge on any atom is 0.243 e. The molecule has 0 saturated carbocycles.